The topological polar surface area (TPSA) is 38.2 Å². The Kier molecular flexibility index (Phi) is 6.16. The van der Waals surface area contributed by atoms with E-state index >= 15 is 0 Å². The molecule has 2 heterocycles. The van der Waals surface area contributed by atoms with Gasteiger partial charge < -0.3 is 9.64 Å². The average molecular weight is 475 g/mol. The van der Waals surface area contributed by atoms with Gasteiger partial charge in [0.1, 0.15) is 10.9 Å². The molecule has 160 valence electrons. The van der Waals surface area contributed by atoms with Crippen LogP contribution < -0.4 is 9.64 Å². The van der Waals surface area contributed by atoms with Gasteiger partial charge >= 0.3 is 0 Å². The summed E-state index contributed by atoms with van der Waals surface area (Å²) in [6.45, 7) is 7.91. The van der Waals surface area contributed by atoms with Crippen molar-refractivity contribution in [2.24, 2.45) is 0 Å². The summed E-state index contributed by atoms with van der Waals surface area (Å²) >= 11 is 19.2. The van der Waals surface area contributed by atoms with Crippen LogP contribution in [0.5, 0.6) is 5.75 Å². The SMILES string of the molecule is CCN(CC)c1c(C)c(Cl)nc2c1c(-c1ccc(Cl)cc1)nc1cc(Cl)c(OC)cc12. The van der Waals surface area contributed by atoms with Crippen LogP contribution in [0.3, 0.4) is 0 Å². The molecule has 4 nitrogen and oxygen atoms in total. The van der Waals surface area contributed by atoms with E-state index in [1.54, 1.807) is 13.2 Å². The minimum Gasteiger partial charge on any atom is -0.495 e. The summed E-state index contributed by atoms with van der Waals surface area (Å²) in [6.07, 6.45) is 0. The number of hydrogen-bond donors (Lipinski definition) is 0. The number of benzene rings is 2. The van der Waals surface area contributed by atoms with Crippen LogP contribution >= 0.6 is 34.8 Å². The van der Waals surface area contributed by atoms with Gasteiger partial charge in [0, 0.05) is 34.6 Å². The smallest absolute Gasteiger partial charge is 0.138 e. The number of hydrogen-bond acceptors (Lipinski definition) is 4. The number of pyridine rings is 2. The van der Waals surface area contributed by atoms with E-state index < -0.39 is 0 Å². The average Bonchev–Trinajstić information content (AvgIpc) is 2.76. The summed E-state index contributed by atoms with van der Waals surface area (Å²) in [7, 11) is 1.59. The van der Waals surface area contributed by atoms with Crippen LogP contribution in [0.2, 0.25) is 15.2 Å². The van der Waals surface area contributed by atoms with Crippen LogP contribution in [0.25, 0.3) is 33.1 Å². The van der Waals surface area contributed by atoms with E-state index in [9.17, 15) is 0 Å². The lowest BCUT2D eigenvalue weighted by Gasteiger charge is -2.27. The predicted octanol–water partition coefficient (Wildman–Crippen LogP) is 7.57. The van der Waals surface area contributed by atoms with Gasteiger partial charge in [-0.1, -0.05) is 46.9 Å². The van der Waals surface area contributed by atoms with E-state index in [0.717, 1.165) is 57.4 Å². The molecule has 0 fully saturated rings. The minimum absolute atomic E-state index is 0.470. The van der Waals surface area contributed by atoms with Crippen molar-refractivity contribution >= 4 is 62.3 Å². The number of aromatic nitrogens is 2. The summed E-state index contributed by atoms with van der Waals surface area (Å²) < 4.78 is 5.46. The van der Waals surface area contributed by atoms with E-state index in [-0.39, 0.29) is 0 Å². The van der Waals surface area contributed by atoms with Crippen LogP contribution in [0, 0.1) is 6.92 Å². The molecule has 0 aliphatic rings. The zero-order chi connectivity index (χ0) is 22.3. The highest BCUT2D eigenvalue weighted by molar-refractivity contribution is 6.34. The third-order valence-corrected chi connectivity index (χ3v) is 6.46. The van der Waals surface area contributed by atoms with Gasteiger partial charge in [-0.3, -0.25) is 0 Å². The van der Waals surface area contributed by atoms with Crippen molar-refractivity contribution in [1.82, 2.24) is 9.97 Å². The second-order valence-corrected chi connectivity index (χ2v) is 8.44. The van der Waals surface area contributed by atoms with Gasteiger partial charge in [0.25, 0.3) is 0 Å². The number of fused-ring (bicyclic) bond motifs is 3. The molecule has 31 heavy (non-hydrogen) atoms. The summed E-state index contributed by atoms with van der Waals surface area (Å²) in [4.78, 5) is 12.1. The standard InChI is InChI=1S/C24H22Cl3N3O/c1-5-30(6-2)23-13(3)24(27)29-22-16-11-19(31-4)17(26)12-18(16)28-21(20(22)23)14-7-9-15(25)10-8-14/h7-12H,5-6H2,1-4H3. The first-order chi connectivity index (χ1) is 14.9. The van der Waals surface area contributed by atoms with Crippen molar-refractivity contribution in [3.8, 4) is 17.0 Å². The molecular formula is C24H22Cl3N3O. The molecule has 0 unspecified atom stereocenters. The second-order valence-electron chi connectivity index (χ2n) is 7.24. The van der Waals surface area contributed by atoms with Crippen LogP contribution in [0.4, 0.5) is 5.69 Å². The van der Waals surface area contributed by atoms with Crippen LogP contribution in [-0.2, 0) is 0 Å². The molecule has 4 aromatic rings. The second kappa shape index (κ2) is 8.70. The molecule has 0 radical (unpaired) electrons. The fourth-order valence-electron chi connectivity index (χ4n) is 3.96. The molecule has 0 aliphatic heterocycles. The van der Waals surface area contributed by atoms with E-state index in [2.05, 4.69) is 18.7 Å². The highest BCUT2D eigenvalue weighted by Crippen LogP contribution is 2.43. The van der Waals surface area contributed by atoms with E-state index in [1.165, 1.54) is 0 Å². The van der Waals surface area contributed by atoms with Crippen LogP contribution in [0.15, 0.2) is 36.4 Å². The maximum atomic E-state index is 6.64. The fraction of sp³-hybridized carbons (Fsp3) is 0.250. The first kappa shape index (κ1) is 21.9. The van der Waals surface area contributed by atoms with Gasteiger partial charge in [0.15, 0.2) is 0 Å². The van der Waals surface area contributed by atoms with Gasteiger partial charge in [-0.05, 0) is 45.0 Å². The highest BCUT2D eigenvalue weighted by Gasteiger charge is 2.22. The maximum Gasteiger partial charge on any atom is 0.138 e. The van der Waals surface area contributed by atoms with Crippen molar-refractivity contribution in [3.05, 3.63) is 57.2 Å². The van der Waals surface area contributed by atoms with E-state index in [4.69, 9.17) is 49.5 Å². The third-order valence-electron chi connectivity index (χ3n) is 5.54. The third kappa shape index (κ3) is 3.78. The lowest BCUT2D eigenvalue weighted by atomic mass is 9.99. The Morgan fingerprint density at radius 3 is 2.26 bits per heavy atom. The van der Waals surface area contributed by atoms with Gasteiger partial charge in [-0.15, -0.1) is 0 Å². The van der Waals surface area contributed by atoms with Gasteiger partial charge in [0.2, 0.25) is 0 Å². The summed E-state index contributed by atoms with van der Waals surface area (Å²) in [5, 5.41) is 3.42. The Hall–Kier alpha value is -2.27. The lowest BCUT2D eigenvalue weighted by Crippen LogP contribution is -2.23. The van der Waals surface area contributed by atoms with Crippen LogP contribution in [-0.4, -0.2) is 30.2 Å². The van der Waals surface area contributed by atoms with Gasteiger partial charge in [0.05, 0.1) is 39.9 Å². The molecule has 4 rings (SSSR count). The Labute approximate surface area is 196 Å². The van der Waals surface area contributed by atoms with Crippen LogP contribution in [0.1, 0.15) is 19.4 Å². The quantitative estimate of drug-likeness (QED) is 0.221. The molecule has 0 aliphatic carbocycles. The largest absolute Gasteiger partial charge is 0.495 e. The van der Waals surface area contributed by atoms with Crippen molar-refractivity contribution in [2.75, 3.05) is 25.1 Å². The molecule has 0 saturated carbocycles. The van der Waals surface area contributed by atoms with Crippen molar-refractivity contribution in [1.29, 1.82) is 0 Å². The van der Waals surface area contributed by atoms with E-state index in [1.807, 2.05) is 37.3 Å². The number of halogens is 3. The molecule has 0 N–H and O–H groups in total. The van der Waals surface area contributed by atoms with Crippen molar-refractivity contribution in [2.45, 2.75) is 20.8 Å². The summed E-state index contributed by atoms with van der Waals surface area (Å²) in [5.41, 5.74) is 5.21. The Morgan fingerprint density at radius 2 is 1.65 bits per heavy atom. The molecule has 0 atom stereocenters. The first-order valence-electron chi connectivity index (χ1n) is 10.1. The normalized spacial score (nSPS) is 11.3. The number of ether oxygens (including phenoxy) is 1. The molecule has 0 spiro atoms. The molecule has 0 bridgehead atoms. The van der Waals surface area contributed by atoms with Gasteiger partial charge in [-0.25, -0.2) is 9.97 Å². The number of methoxy groups -OCH3 is 1. The predicted molar refractivity (Wildman–Crippen MR) is 132 cm³/mol. The summed E-state index contributed by atoms with van der Waals surface area (Å²) in [6, 6.07) is 11.4. The monoisotopic (exact) mass is 473 g/mol. The Balaban J connectivity index is 2.25. The summed E-state index contributed by atoms with van der Waals surface area (Å²) in [5.74, 6) is 0.569. The maximum absolute atomic E-state index is 6.64. The molecule has 2 aromatic carbocycles. The molecular weight excluding hydrogens is 453 g/mol. The number of anilines is 1. The lowest BCUT2D eigenvalue weighted by molar-refractivity contribution is 0.415. The highest BCUT2D eigenvalue weighted by atomic mass is 35.5. The fourth-order valence-corrected chi connectivity index (χ4v) is 4.50. The number of nitrogens with zero attached hydrogens (tertiary/aromatic N) is 3. The number of rotatable bonds is 5. The Morgan fingerprint density at radius 1 is 0.968 bits per heavy atom. The minimum atomic E-state index is 0.470. The van der Waals surface area contributed by atoms with Crippen molar-refractivity contribution < 1.29 is 4.74 Å². The Bertz CT molecular complexity index is 1290. The van der Waals surface area contributed by atoms with Gasteiger partial charge in [-0.2, -0.15) is 0 Å². The molecule has 0 saturated heterocycles. The zero-order valence-electron chi connectivity index (χ0n) is 17.8. The van der Waals surface area contributed by atoms with E-state index in [0.29, 0.717) is 20.9 Å². The zero-order valence-corrected chi connectivity index (χ0v) is 20.0. The molecule has 7 heteroatoms. The molecule has 0 amide bonds. The first-order valence-corrected chi connectivity index (χ1v) is 11.2. The molecule has 2 aromatic heterocycles. The van der Waals surface area contributed by atoms with Crippen molar-refractivity contribution in [3.63, 3.8) is 0 Å².